The predicted octanol–water partition coefficient (Wildman–Crippen LogP) is 4.72. The molecule has 0 aromatic rings. The lowest BCUT2D eigenvalue weighted by atomic mass is 9.94. The van der Waals surface area contributed by atoms with Crippen LogP contribution in [0.3, 0.4) is 0 Å². The third kappa shape index (κ3) is 8.95. The summed E-state index contributed by atoms with van der Waals surface area (Å²) < 4.78 is 2.66. The number of rotatable bonds is 3. The fourth-order valence-electron chi connectivity index (χ4n) is 2.17. The summed E-state index contributed by atoms with van der Waals surface area (Å²) >= 11 is -0.157. The molecule has 7 heteroatoms. The highest BCUT2D eigenvalue weighted by atomic mass is 32.2. The molecule has 0 radical (unpaired) electrons. The van der Waals surface area contributed by atoms with Gasteiger partial charge in [0, 0.05) is 6.04 Å². The van der Waals surface area contributed by atoms with Crippen LogP contribution in [0.25, 0.3) is 0 Å². The molecule has 0 heterocycles. The molecule has 1 unspecified atom stereocenters. The van der Waals surface area contributed by atoms with Crippen molar-refractivity contribution < 1.29 is 19.8 Å². The van der Waals surface area contributed by atoms with Crippen molar-refractivity contribution in [2.24, 2.45) is 0 Å². The molecule has 1 aliphatic carbocycles. The number of thioether (sulfide) groups is 1. The molecule has 1 aliphatic rings. The van der Waals surface area contributed by atoms with Gasteiger partial charge in [0.1, 0.15) is 8.24 Å². The van der Waals surface area contributed by atoms with Gasteiger partial charge in [-0.2, -0.15) is 0 Å². The van der Waals surface area contributed by atoms with Gasteiger partial charge in [0.2, 0.25) is 0 Å². The summed E-state index contributed by atoms with van der Waals surface area (Å²) in [5, 5.41) is 12.5. The highest BCUT2D eigenvalue weighted by Crippen LogP contribution is 2.26. The van der Waals surface area contributed by atoms with Crippen molar-refractivity contribution in [1.82, 2.24) is 4.57 Å². The monoisotopic (exact) mass is 333 g/mol. The lowest BCUT2D eigenvalue weighted by Crippen LogP contribution is -2.49. The van der Waals surface area contributed by atoms with Gasteiger partial charge in [0.25, 0.3) is 0 Å². The smallest absolute Gasteiger partial charge is 0.376 e. The molecule has 21 heavy (non-hydrogen) atoms. The molecule has 0 aliphatic heterocycles. The van der Waals surface area contributed by atoms with E-state index in [0.29, 0.717) is 0 Å². The standard InChI is InChI=1S/C12H25NSi.C2H2O4S/c1-6-11-7-9-12(10-8-11)13(2)14(3,4)5;3-1(4)7-2(5)6/h7,12H,6,8-10H2,1-5H3;(H,3,4)(H,5,6). The predicted molar refractivity (Wildman–Crippen MR) is 90.8 cm³/mol. The normalized spacial score (nSPS) is 18.6. The fourth-order valence-corrected chi connectivity index (χ4v) is 3.65. The molecule has 1 atom stereocenters. The zero-order chi connectivity index (χ0) is 16.6. The Morgan fingerprint density at radius 2 is 1.86 bits per heavy atom. The van der Waals surface area contributed by atoms with E-state index in [-0.39, 0.29) is 11.8 Å². The van der Waals surface area contributed by atoms with Crippen LogP contribution in [-0.4, -0.2) is 46.7 Å². The van der Waals surface area contributed by atoms with Gasteiger partial charge in [-0.15, -0.1) is 0 Å². The van der Waals surface area contributed by atoms with Crippen LogP contribution >= 0.6 is 11.8 Å². The van der Waals surface area contributed by atoms with Crippen molar-refractivity contribution in [2.45, 2.75) is 58.3 Å². The summed E-state index contributed by atoms with van der Waals surface area (Å²) in [6.45, 7) is 9.58. The summed E-state index contributed by atoms with van der Waals surface area (Å²) in [5.74, 6) is 0. The first-order chi connectivity index (χ1) is 9.57. The molecular formula is C14H27NO4SSi. The summed E-state index contributed by atoms with van der Waals surface area (Å²) in [4.78, 5) is 18.8. The van der Waals surface area contributed by atoms with Crippen molar-refractivity contribution >= 4 is 30.6 Å². The number of hydrogen-bond donors (Lipinski definition) is 2. The Balaban J connectivity index is 0.000000486. The summed E-state index contributed by atoms with van der Waals surface area (Å²) in [5.41, 5.74) is 1.67. The number of hydrogen-bond acceptors (Lipinski definition) is 4. The highest BCUT2D eigenvalue weighted by Gasteiger charge is 2.27. The molecular weight excluding hydrogens is 306 g/mol. The Bertz CT molecular complexity index is 381. The largest absolute Gasteiger partial charge is 0.473 e. The second-order valence-electron chi connectivity index (χ2n) is 6.06. The van der Waals surface area contributed by atoms with Gasteiger partial charge < -0.3 is 14.8 Å². The number of carboxylic acid groups (broad SMARTS) is 2. The number of allylic oxidation sites excluding steroid dienone is 1. The Labute approximate surface area is 132 Å². The number of carbonyl (C=O) groups is 2. The van der Waals surface area contributed by atoms with E-state index in [4.69, 9.17) is 10.2 Å². The summed E-state index contributed by atoms with van der Waals surface area (Å²) in [6, 6.07) is 0.817. The zero-order valence-electron chi connectivity index (χ0n) is 13.5. The molecule has 122 valence electrons. The van der Waals surface area contributed by atoms with Gasteiger partial charge in [0.05, 0.1) is 11.8 Å². The topological polar surface area (TPSA) is 77.8 Å². The van der Waals surface area contributed by atoms with Crippen LogP contribution in [0.1, 0.15) is 32.6 Å². The highest BCUT2D eigenvalue weighted by molar-refractivity contribution is 8.25. The van der Waals surface area contributed by atoms with E-state index in [1.807, 2.05) is 0 Å². The molecule has 0 amide bonds. The zero-order valence-corrected chi connectivity index (χ0v) is 15.4. The van der Waals surface area contributed by atoms with Crippen molar-refractivity contribution in [3.8, 4) is 0 Å². The molecule has 1 rings (SSSR count). The van der Waals surface area contributed by atoms with Crippen LogP contribution in [0.2, 0.25) is 19.6 Å². The lowest BCUT2D eigenvalue weighted by Gasteiger charge is -2.39. The average molecular weight is 334 g/mol. The average Bonchev–Trinajstić information content (AvgIpc) is 2.36. The van der Waals surface area contributed by atoms with Crippen LogP contribution in [-0.2, 0) is 0 Å². The molecule has 2 N–H and O–H groups in total. The van der Waals surface area contributed by atoms with Crippen LogP contribution in [0, 0.1) is 0 Å². The van der Waals surface area contributed by atoms with Gasteiger partial charge in [-0.05, 0) is 32.7 Å². The lowest BCUT2D eigenvalue weighted by molar-refractivity contribution is 0.217. The van der Waals surface area contributed by atoms with Gasteiger partial charge in [-0.1, -0.05) is 38.2 Å². The van der Waals surface area contributed by atoms with Gasteiger partial charge >= 0.3 is 10.6 Å². The quantitative estimate of drug-likeness (QED) is 0.575. The van der Waals surface area contributed by atoms with Crippen LogP contribution < -0.4 is 0 Å². The van der Waals surface area contributed by atoms with Crippen LogP contribution in [0.4, 0.5) is 9.59 Å². The molecule has 0 aromatic carbocycles. The van der Waals surface area contributed by atoms with Crippen molar-refractivity contribution in [1.29, 1.82) is 0 Å². The molecule has 0 saturated carbocycles. The van der Waals surface area contributed by atoms with Gasteiger partial charge in [-0.25, -0.2) is 9.59 Å². The molecule has 5 nitrogen and oxygen atoms in total. The minimum absolute atomic E-state index is 0.157. The maximum Gasteiger partial charge on any atom is 0.376 e. The molecule has 0 fully saturated rings. The second-order valence-corrected chi connectivity index (χ2v) is 12.0. The first-order valence-electron chi connectivity index (χ1n) is 7.12. The van der Waals surface area contributed by atoms with E-state index in [2.05, 4.69) is 44.3 Å². The Morgan fingerprint density at radius 1 is 1.33 bits per heavy atom. The first-order valence-corrected chi connectivity index (χ1v) is 11.4. The Morgan fingerprint density at radius 3 is 2.10 bits per heavy atom. The van der Waals surface area contributed by atoms with Crippen LogP contribution in [0.15, 0.2) is 11.6 Å². The van der Waals surface area contributed by atoms with E-state index in [0.717, 1.165) is 6.04 Å². The molecule has 0 aromatic heterocycles. The summed E-state index contributed by atoms with van der Waals surface area (Å²) in [7, 11) is 1.24. The van der Waals surface area contributed by atoms with Gasteiger partial charge in [-0.3, -0.25) is 0 Å². The Hall–Kier alpha value is -0.793. The van der Waals surface area contributed by atoms with E-state index in [1.165, 1.54) is 25.7 Å². The van der Waals surface area contributed by atoms with Gasteiger partial charge in [0.15, 0.2) is 0 Å². The molecule has 0 saturated heterocycles. The van der Waals surface area contributed by atoms with E-state index in [1.54, 1.807) is 5.57 Å². The SMILES string of the molecule is CCC1=CCC(N(C)[Si](C)(C)C)CC1.O=C(O)SC(=O)O. The third-order valence-corrected chi connectivity index (χ3v) is 6.54. The van der Waals surface area contributed by atoms with Crippen molar-refractivity contribution in [3.05, 3.63) is 11.6 Å². The van der Waals surface area contributed by atoms with Crippen molar-refractivity contribution in [3.63, 3.8) is 0 Å². The van der Waals surface area contributed by atoms with E-state index >= 15 is 0 Å². The molecule has 0 spiro atoms. The van der Waals surface area contributed by atoms with Crippen molar-refractivity contribution in [2.75, 3.05) is 7.05 Å². The maximum absolute atomic E-state index is 9.39. The van der Waals surface area contributed by atoms with E-state index in [9.17, 15) is 9.59 Å². The molecule has 0 bridgehead atoms. The number of nitrogens with zero attached hydrogens (tertiary/aromatic N) is 1. The Kier molecular flexibility index (Phi) is 8.92. The second kappa shape index (κ2) is 9.27. The first kappa shape index (κ1) is 20.2. The third-order valence-electron chi connectivity index (χ3n) is 3.71. The minimum Gasteiger partial charge on any atom is -0.473 e. The fraction of sp³-hybridized carbons (Fsp3) is 0.714. The summed E-state index contributed by atoms with van der Waals surface area (Å²) in [6.07, 6.45) is 7.72. The minimum atomic E-state index is -1.40. The van der Waals surface area contributed by atoms with E-state index < -0.39 is 18.8 Å². The maximum atomic E-state index is 9.39. The van der Waals surface area contributed by atoms with Crippen LogP contribution in [0.5, 0.6) is 0 Å².